The molecule has 4 nitrogen and oxygen atoms in total. The van der Waals surface area contributed by atoms with Crippen LogP contribution in [0.25, 0.3) is 0 Å². The number of aryl methyl sites for hydroxylation is 1. The number of hydrogen-bond acceptors (Lipinski definition) is 3. The maximum absolute atomic E-state index is 11.2. The van der Waals surface area contributed by atoms with Crippen molar-refractivity contribution in [3.8, 4) is 5.75 Å². The SMILES string of the molecule is COc1cc(C)c(C(C)(CO)C(=O)O)cc1Cl. The maximum atomic E-state index is 11.2. The highest BCUT2D eigenvalue weighted by atomic mass is 35.5. The summed E-state index contributed by atoms with van der Waals surface area (Å²) in [5, 5.41) is 18.8. The molecule has 1 aromatic carbocycles. The number of halogens is 1. The molecule has 0 saturated carbocycles. The fourth-order valence-corrected chi connectivity index (χ4v) is 1.91. The number of rotatable bonds is 4. The molecule has 94 valence electrons. The standard InChI is InChI=1S/C12H15ClO4/c1-7-4-10(17-3)9(13)5-8(7)12(2,6-14)11(15)16/h4-5,14H,6H2,1-3H3,(H,15,16). The van der Waals surface area contributed by atoms with Crippen LogP contribution in [0.4, 0.5) is 0 Å². The van der Waals surface area contributed by atoms with Crippen LogP contribution < -0.4 is 4.74 Å². The van der Waals surface area contributed by atoms with E-state index in [4.69, 9.17) is 16.3 Å². The van der Waals surface area contributed by atoms with E-state index in [0.29, 0.717) is 21.9 Å². The van der Waals surface area contributed by atoms with Crippen molar-refractivity contribution in [2.75, 3.05) is 13.7 Å². The van der Waals surface area contributed by atoms with E-state index in [2.05, 4.69) is 0 Å². The van der Waals surface area contributed by atoms with E-state index in [1.54, 1.807) is 13.0 Å². The number of aliphatic carboxylic acids is 1. The number of methoxy groups -OCH3 is 1. The summed E-state index contributed by atoms with van der Waals surface area (Å²) in [7, 11) is 1.49. The third kappa shape index (κ3) is 2.37. The summed E-state index contributed by atoms with van der Waals surface area (Å²) in [5.41, 5.74) is -0.163. The second-order valence-electron chi connectivity index (χ2n) is 4.10. The summed E-state index contributed by atoms with van der Waals surface area (Å²) >= 11 is 5.97. The second-order valence-corrected chi connectivity index (χ2v) is 4.50. The first kappa shape index (κ1) is 13.8. The second kappa shape index (κ2) is 4.94. The molecular weight excluding hydrogens is 244 g/mol. The van der Waals surface area contributed by atoms with E-state index in [-0.39, 0.29) is 0 Å². The molecule has 0 aliphatic rings. The van der Waals surface area contributed by atoms with E-state index in [1.807, 2.05) is 0 Å². The van der Waals surface area contributed by atoms with Gasteiger partial charge in [0.2, 0.25) is 0 Å². The van der Waals surface area contributed by atoms with Gasteiger partial charge in [-0.3, -0.25) is 4.79 Å². The molecule has 2 N–H and O–H groups in total. The number of aliphatic hydroxyl groups excluding tert-OH is 1. The number of carboxylic acids is 1. The fourth-order valence-electron chi connectivity index (χ4n) is 1.67. The smallest absolute Gasteiger partial charge is 0.316 e. The van der Waals surface area contributed by atoms with Gasteiger partial charge in [0.25, 0.3) is 0 Å². The first-order chi connectivity index (χ1) is 7.86. The molecule has 0 radical (unpaired) electrons. The molecule has 1 rings (SSSR count). The quantitative estimate of drug-likeness (QED) is 0.867. The van der Waals surface area contributed by atoms with Crippen LogP contribution in [-0.2, 0) is 10.2 Å². The topological polar surface area (TPSA) is 66.8 Å². The third-order valence-electron chi connectivity index (χ3n) is 2.88. The molecule has 0 amide bonds. The number of ether oxygens (including phenoxy) is 1. The average molecular weight is 259 g/mol. The summed E-state index contributed by atoms with van der Waals surface area (Å²) in [6.45, 7) is 2.72. The lowest BCUT2D eigenvalue weighted by Crippen LogP contribution is -2.37. The van der Waals surface area contributed by atoms with Crippen molar-refractivity contribution in [1.82, 2.24) is 0 Å². The Kier molecular flexibility index (Phi) is 4.01. The Balaban J connectivity index is 3.41. The van der Waals surface area contributed by atoms with E-state index < -0.39 is 18.0 Å². The van der Waals surface area contributed by atoms with Gasteiger partial charge in [-0.15, -0.1) is 0 Å². The zero-order chi connectivity index (χ0) is 13.2. The first-order valence-corrected chi connectivity index (χ1v) is 5.43. The van der Waals surface area contributed by atoms with Crippen LogP contribution in [0, 0.1) is 6.92 Å². The molecule has 0 bridgehead atoms. The van der Waals surface area contributed by atoms with Gasteiger partial charge < -0.3 is 14.9 Å². The molecule has 0 saturated heterocycles. The van der Waals surface area contributed by atoms with Gasteiger partial charge in [-0.25, -0.2) is 0 Å². The van der Waals surface area contributed by atoms with Crippen LogP contribution in [0.1, 0.15) is 18.1 Å². The Bertz CT molecular complexity index is 444. The first-order valence-electron chi connectivity index (χ1n) is 5.05. The molecule has 1 atom stereocenters. The molecule has 0 aliphatic heterocycles. The van der Waals surface area contributed by atoms with Gasteiger partial charge in [0, 0.05) is 0 Å². The Hall–Kier alpha value is -1.26. The van der Waals surface area contributed by atoms with E-state index in [9.17, 15) is 15.0 Å². The van der Waals surface area contributed by atoms with E-state index in [1.165, 1.54) is 20.1 Å². The number of hydrogen-bond donors (Lipinski definition) is 2. The number of benzene rings is 1. The van der Waals surface area contributed by atoms with Crippen molar-refractivity contribution < 1.29 is 19.7 Å². The minimum absolute atomic E-state index is 0.328. The van der Waals surface area contributed by atoms with Gasteiger partial charge in [-0.05, 0) is 37.1 Å². The predicted octanol–water partition coefficient (Wildman–Crippen LogP) is 1.99. The van der Waals surface area contributed by atoms with Gasteiger partial charge >= 0.3 is 5.97 Å². The largest absolute Gasteiger partial charge is 0.495 e. The van der Waals surface area contributed by atoms with Crippen molar-refractivity contribution in [2.45, 2.75) is 19.3 Å². The van der Waals surface area contributed by atoms with Crippen molar-refractivity contribution in [3.63, 3.8) is 0 Å². The lowest BCUT2D eigenvalue weighted by molar-refractivity contribution is -0.144. The van der Waals surface area contributed by atoms with Crippen LogP contribution >= 0.6 is 11.6 Å². The zero-order valence-electron chi connectivity index (χ0n) is 9.95. The van der Waals surface area contributed by atoms with Crippen LogP contribution in [0.3, 0.4) is 0 Å². The highest BCUT2D eigenvalue weighted by molar-refractivity contribution is 6.32. The van der Waals surface area contributed by atoms with Gasteiger partial charge in [0.15, 0.2) is 0 Å². The average Bonchev–Trinajstić information content (AvgIpc) is 2.30. The maximum Gasteiger partial charge on any atom is 0.316 e. The molecule has 0 fully saturated rings. The molecule has 0 aliphatic carbocycles. The fraction of sp³-hybridized carbons (Fsp3) is 0.417. The third-order valence-corrected chi connectivity index (χ3v) is 3.18. The summed E-state index contributed by atoms with van der Waals surface area (Å²) in [6, 6.07) is 3.19. The predicted molar refractivity (Wildman–Crippen MR) is 64.8 cm³/mol. The molecule has 0 spiro atoms. The molecule has 0 aromatic heterocycles. The Labute approximate surface area is 105 Å². The molecule has 5 heteroatoms. The van der Waals surface area contributed by atoms with E-state index in [0.717, 1.165) is 0 Å². The van der Waals surface area contributed by atoms with Crippen molar-refractivity contribution in [1.29, 1.82) is 0 Å². The zero-order valence-corrected chi connectivity index (χ0v) is 10.7. The molecule has 1 aromatic rings. The molecule has 1 unspecified atom stereocenters. The Morgan fingerprint density at radius 3 is 2.53 bits per heavy atom. The highest BCUT2D eigenvalue weighted by Crippen LogP contribution is 2.34. The summed E-state index contributed by atoms with van der Waals surface area (Å²) in [5.74, 6) is -0.608. The number of carboxylic acid groups (broad SMARTS) is 1. The van der Waals surface area contributed by atoms with Crippen LogP contribution in [0.2, 0.25) is 5.02 Å². The van der Waals surface area contributed by atoms with Gasteiger partial charge in [-0.1, -0.05) is 11.6 Å². The summed E-state index contributed by atoms with van der Waals surface area (Å²) < 4.78 is 5.05. The Morgan fingerprint density at radius 1 is 1.53 bits per heavy atom. The van der Waals surface area contributed by atoms with Crippen LogP contribution in [0.15, 0.2) is 12.1 Å². The minimum atomic E-state index is -1.36. The van der Waals surface area contributed by atoms with Crippen molar-refractivity contribution >= 4 is 17.6 Å². The minimum Gasteiger partial charge on any atom is -0.495 e. The van der Waals surface area contributed by atoms with Crippen molar-refractivity contribution in [2.24, 2.45) is 0 Å². The Morgan fingerprint density at radius 2 is 2.12 bits per heavy atom. The summed E-state index contributed by atoms with van der Waals surface area (Å²) in [4.78, 5) is 11.2. The van der Waals surface area contributed by atoms with Gasteiger partial charge in [0.05, 0.1) is 18.7 Å². The normalized spacial score (nSPS) is 14.2. The number of aliphatic hydroxyl groups is 1. The van der Waals surface area contributed by atoms with Crippen LogP contribution in [-0.4, -0.2) is 29.9 Å². The summed E-state index contributed by atoms with van der Waals surface area (Å²) in [6.07, 6.45) is 0. The number of carbonyl (C=O) groups is 1. The van der Waals surface area contributed by atoms with Crippen molar-refractivity contribution in [3.05, 3.63) is 28.3 Å². The molecular formula is C12H15ClO4. The molecule has 0 heterocycles. The highest BCUT2D eigenvalue weighted by Gasteiger charge is 2.36. The van der Waals surface area contributed by atoms with Gasteiger partial charge in [0.1, 0.15) is 11.2 Å². The lowest BCUT2D eigenvalue weighted by Gasteiger charge is -2.25. The van der Waals surface area contributed by atoms with Crippen LogP contribution in [0.5, 0.6) is 5.75 Å². The van der Waals surface area contributed by atoms with E-state index >= 15 is 0 Å². The lowest BCUT2D eigenvalue weighted by atomic mass is 9.81. The monoisotopic (exact) mass is 258 g/mol. The molecule has 17 heavy (non-hydrogen) atoms. The van der Waals surface area contributed by atoms with Gasteiger partial charge in [-0.2, -0.15) is 0 Å².